The second-order valence-electron chi connectivity index (χ2n) is 8.56. The third kappa shape index (κ3) is 6.74. The summed E-state index contributed by atoms with van der Waals surface area (Å²) in [6.07, 6.45) is 0. The Morgan fingerprint density at radius 3 is 0.846 bits per heavy atom. The molecule has 0 saturated heterocycles. The van der Waals surface area contributed by atoms with Gasteiger partial charge in [0.2, 0.25) is 0 Å². The summed E-state index contributed by atoms with van der Waals surface area (Å²) >= 11 is 10.5. The molecule has 39 heavy (non-hydrogen) atoms. The van der Waals surface area contributed by atoms with Crippen LogP contribution in [0.25, 0.3) is 0 Å². The Bertz CT molecular complexity index is 1380. The van der Waals surface area contributed by atoms with Crippen molar-refractivity contribution >= 4 is 47.8 Å². The highest BCUT2D eigenvalue weighted by Gasteiger charge is 2.21. The van der Waals surface area contributed by atoms with Crippen molar-refractivity contribution in [2.75, 3.05) is 0 Å². The lowest BCUT2D eigenvalue weighted by atomic mass is 10.2. The molecule has 12 heteroatoms. The van der Waals surface area contributed by atoms with Crippen molar-refractivity contribution in [3.63, 3.8) is 0 Å². The van der Waals surface area contributed by atoms with Crippen molar-refractivity contribution in [2.45, 2.75) is 35.3 Å². The molecular formula is C27H24Br3N3O6. The van der Waals surface area contributed by atoms with Gasteiger partial charge in [0, 0.05) is 14.5 Å². The molecule has 0 saturated carbocycles. The van der Waals surface area contributed by atoms with Gasteiger partial charge in [-0.25, -0.2) is 14.4 Å². The maximum absolute atomic E-state index is 13.3. The van der Waals surface area contributed by atoms with Crippen LogP contribution in [0.2, 0.25) is 0 Å². The van der Waals surface area contributed by atoms with Crippen LogP contribution in [0.4, 0.5) is 0 Å². The van der Waals surface area contributed by atoms with Crippen molar-refractivity contribution in [1.82, 2.24) is 14.2 Å². The minimum Gasteiger partial charge on any atom is -0.366 e. The van der Waals surface area contributed by atoms with Gasteiger partial charge in [-0.2, -0.15) is 0 Å². The van der Waals surface area contributed by atoms with Gasteiger partial charge in [0.25, 0.3) is 0 Å². The van der Waals surface area contributed by atoms with Crippen LogP contribution in [-0.4, -0.2) is 14.2 Å². The molecule has 0 radical (unpaired) electrons. The quantitative estimate of drug-likeness (QED) is 0.195. The Hall–Kier alpha value is -3.09. The summed E-state index contributed by atoms with van der Waals surface area (Å²) < 4.78 is 1.20. The monoisotopic (exact) mass is 723 g/mol. The van der Waals surface area contributed by atoms with Gasteiger partial charge in [-0.1, -0.05) is 98.4 Å². The normalized spacial score (nSPS) is 13.4. The Kier molecular flexibility index (Phi) is 9.19. The number of halogens is 3. The van der Waals surface area contributed by atoms with E-state index in [1.807, 2.05) is 20.8 Å². The largest absolute Gasteiger partial charge is 0.404 e. The van der Waals surface area contributed by atoms with Gasteiger partial charge in [0.15, 0.2) is 17.2 Å². The van der Waals surface area contributed by atoms with Crippen LogP contribution < -0.4 is 31.6 Å². The minimum atomic E-state index is -1.15. The number of benzene rings is 3. The zero-order chi connectivity index (χ0) is 28.3. The van der Waals surface area contributed by atoms with E-state index in [0.29, 0.717) is 14.2 Å². The predicted octanol–water partition coefficient (Wildman–Crippen LogP) is 6.07. The molecule has 4 aromatic rings. The number of alkyl halides is 3. The molecule has 0 bridgehead atoms. The summed E-state index contributed by atoms with van der Waals surface area (Å²) in [5.41, 5.74) is -0.554. The second-order valence-corrected chi connectivity index (χ2v) is 12.7. The van der Waals surface area contributed by atoms with E-state index in [9.17, 15) is 14.4 Å². The molecule has 0 amide bonds. The predicted molar refractivity (Wildman–Crippen MR) is 159 cm³/mol. The molecule has 1 aromatic heterocycles. The highest BCUT2D eigenvalue weighted by atomic mass is 79.9. The average molecular weight is 726 g/mol. The number of nitrogens with zero attached hydrogens (tertiary/aromatic N) is 3. The van der Waals surface area contributed by atoms with Crippen LogP contribution in [0.3, 0.4) is 0 Å². The van der Waals surface area contributed by atoms with Crippen molar-refractivity contribution < 1.29 is 14.5 Å². The van der Waals surface area contributed by atoms with Crippen molar-refractivity contribution in [1.29, 1.82) is 0 Å². The fourth-order valence-corrected chi connectivity index (χ4v) is 4.34. The molecule has 0 spiro atoms. The Balaban J connectivity index is 1.79. The third-order valence-electron chi connectivity index (χ3n) is 5.65. The molecule has 0 aliphatic carbocycles. The lowest BCUT2D eigenvalue weighted by molar-refractivity contribution is 0.0655. The maximum atomic E-state index is 13.3. The number of aromatic nitrogens is 3. The molecule has 3 aromatic carbocycles. The first-order valence-electron chi connectivity index (χ1n) is 11.8. The molecule has 9 nitrogen and oxygen atoms in total. The molecule has 3 unspecified atom stereocenters. The molecular weight excluding hydrogens is 702 g/mol. The molecule has 204 valence electrons. The molecule has 3 atom stereocenters. The summed E-state index contributed by atoms with van der Waals surface area (Å²) in [5, 5.41) is 0. The SMILES string of the molecule is CC(Br)c1ccc(On2c(=O)n(Oc3ccc(C(C)Br)cc3)c(=O)n(Oc3ccc(C(C)Br)cc3)c2=O)cc1. The third-order valence-corrected chi connectivity index (χ3v) is 7.24. The average Bonchev–Trinajstić information content (AvgIpc) is 2.92. The molecule has 0 aliphatic rings. The highest BCUT2D eigenvalue weighted by Crippen LogP contribution is 2.25. The first-order chi connectivity index (χ1) is 18.5. The lowest BCUT2D eigenvalue weighted by Crippen LogP contribution is -2.58. The van der Waals surface area contributed by atoms with E-state index in [4.69, 9.17) is 14.5 Å². The fraction of sp³-hybridized carbons (Fsp3) is 0.222. The second kappa shape index (κ2) is 12.4. The van der Waals surface area contributed by atoms with E-state index >= 15 is 0 Å². The lowest BCUT2D eigenvalue weighted by Gasteiger charge is -2.15. The van der Waals surface area contributed by atoms with Crippen molar-refractivity contribution in [2.24, 2.45) is 0 Å². The van der Waals surface area contributed by atoms with Crippen LogP contribution in [0, 0.1) is 0 Å². The van der Waals surface area contributed by atoms with Crippen LogP contribution in [0.15, 0.2) is 87.2 Å². The fourth-order valence-electron chi connectivity index (χ4n) is 3.43. The van der Waals surface area contributed by atoms with E-state index in [2.05, 4.69) is 47.8 Å². The van der Waals surface area contributed by atoms with Crippen molar-refractivity contribution in [3.8, 4) is 17.2 Å². The topological polar surface area (TPSA) is 93.7 Å². The van der Waals surface area contributed by atoms with Crippen LogP contribution >= 0.6 is 47.8 Å². The maximum Gasteiger partial charge on any atom is 0.404 e. The number of hydrogen-bond acceptors (Lipinski definition) is 6. The van der Waals surface area contributed by atoms with Crippen LogP contribution in [-0.2, 0) is 0 Å². The summed E-state index contributed by atoms with van der Waals surface area (Å²) in [5.74, 6) is 0.567. The van der Waals surface area contributed by atoms with Gasteiger partial charge in [-0.15, -0.1) is 0 Å². The van der Waals surface area contributed by atoms with Gasteiger partial charge in [0.05, 0.1) is 0 Å². The smallest absolute Gasteiger partial charge is 0.366 e. The zero-order valence-electron chi connectivity index (χ0n) is 21.1. The molecule has 0 aliphatic heterocycles. The number of hydrogen-bond donors (Lipinski definition) is 0. The van der Waals surface area contributed by atoms with E-state index in [-0.39, 0.29) is 31.7 Å². The first kappa shape index (κ1) is 28.9. The minimum absolute atomic E-state index is 0.0908. The van der Waals surface area contributed by atoms with Crippen LogP contribution in [0.5, 0.6) is 17.2 Å². The van der Waals surface area contributed by atoms with Gasteiger partial charge in [-0.05, 0) is 73.9 Å². The summed E-state index contributed by atoms with van der Waals surface area (Å²) in [7, 11) is 0. The van der Waals surface area contributed by atoms with Gasteiger partial charge in [-0.3, -0.25) is 0 Å². The Morgan fingerprint density at radius 1 is 0.462 bits per heavy atom. The Labute approximate surface area is 248 Å². The number of rotatable bonds is 9. The molecule has 0 N–H and O–H groups in total. The van der Waals surface area contributed by atoms with Gasteiger partial charge < -0.3 is 14.5 Å². The highest BCUT2D eigenvalue weighted by molar-refractivity contribution is 9.09. The van der Waals surface area contributed by atoms with E-state index in [1.54, 1.807) is 72.8 Å². The summed E-state index contributed by atoms with van der Waals surface area (Å²) in [6, 6.07) is 20.3. The standard InChI is InChI=1S/C27H24Br3N3O6/c1-16(28)19-4-10-22(11-5-19)37-31-25(34)32(38-23-12-6-20(7-13-23)17(2)29)27(36)33(26(31)35)39-24-14-8-21(9-15-24)18(3)30/h4-18H,1-3H3. The zero-order valence-corrected chi connectivity index (χ0v) is 25.8. The van der Waals surface area contributed by atoms with E-state index in [1.165, 1.54) is 0 Å². The molecule has 0 fully saturated rings. The molecule has 1 heterocycles. The van der Waals surface area contributed by atoms with E-state index in [0.717, 1.165) is 16.7 Å². The van der Waals surface area contributed by atoms with Gasteiger partial charge in [0.1, 0.15) is 0 Å². The van der Waals surface area contributed by atoms with E-state index < -0.39 is 17.1 Å². The van der Waals surface area contributed by atoms with Crippen LogP contribution in [0.1, 0.15) is 51.9 Å². The Morgan fingerprint density at radius 2 is 0.667 bits per heavy atom. The summed E-state index contributed by atoms with van der Waals surface area (Å²) in [4.78, 5) is 56.9. The summed E-state index contributed by atoms with van der Waals surface area (Å²) in [6.45, 7) is 5.87. The first-order valence-corrected chi connectivity index (χ1v) is 14.6. The van der Waals surface area contributed by atoms with Crippen molar-refractivity contribution in [3.05, 3.63) is 121 Å². The molecule has 4 rings (SSSR count). The van der Waals surface area contributed by atoms with Gasteiger partial charge >= 0.3 is 17.1 Å².